The van der Waals surface area contributed by atoms with Crippen LogP contribution in [0, 0.1) is 11.3 Å². The van der Waals surface area contributed by atoms with Crippen LogP contribution in [-0.2, 0) is 9.59 Å². The smallest absolute Gasteiger partial charge is 0.326 e. The molecule has 0 saturated carbocycles. The minimum absolute atomic E-state index is 0.112. The number of rotatable bonds is 6. The molecular weight excluding hydrogens is 230 g/mol. The average molecular weight is 243 g/mol. The van der Waals surface area contributed by atoms with Gasteiger partial charge in [-0.25, -0.2) is 9.59 Å². The van der Waals surface area contributed by atoms with Gasteiger partial charge in [-0.1, -0.05) is 0 Å². The second kappa shape index (κ2) is 7.05. The van der Waals surface area contributed by atoms with Crippen LogP contribution in [0.25, 0.3) is 0 Å². The highest BCUT2D eigenvalue weighted by atomic mass is 16.4. The first-order chi connectivity index (χ1) is 7.88. The van der Waals surface area contributed by atoms with Gasteiger partial charge in [-0.2, -0.15) is 5.26 Å². The molecule has 1 unspecified atom stereocenters. The molecule has 0 radical (unpaired) electrons. The van der Waals surface area contributed by atoms with E-state index in [-0.39, 0.29) is 13.0 Å². The van der Waals surface area contributed by atoms with Crippen LogP contribution in [0.2, 0.25) is 0 Å². The number of carbonyl (C=O) groups excluding carboxylic acids is 1. The minimum Gasteiger partial charge on any atom is -0.481 e. The van der Waals surface area contributed by atoms with Crippen molar-refractivity contribution in [3.63, 3.8) is 0 Å². The number of aliphatic carboxylic acids is 2. The quantitative estimate of drug-likeness (QED) is 0.574. The summed E-state index contributed by atoms with van der Waals surface area (Å²) in [5.41, 5.74) is 0. The Balaban J connectivity index is 4.35. The first kappa shape index (κ1) is 14.7. The monoisotopic (exact) mass is 243 g/mol. The Kier molecular flexibility index (Phi) is 6.10. The Morgan fingerprint density at radius 2 is 2.00 bits per heavy atom. The summed E-state index contributed by atoms with van der Waals surface area (Å²) in [6.07, 6.45) is -0.590. The predicted octanol–water partition coefficient (Wildman–Crippen LogP) is -0.531. The van der Waals surface area contributed by atoms with Crippen LogP contribution >= 0.6 is 0 Å². The van der Waals surface area contributed by atoms with Crippen molar-refractivity contribution in [3.05, 3.63) is 0 Å². The number of carboxylic acid groups (broad SMARTS) is 2. The molecule has 0 spiro atoms. The van der Waals surface area contributed by atoms with Crippen molar-refractivity contribution in [2.24, 2.45) is 0 Å². The molecule has 17 heavy (non-hydrogen) atoms. The number of hydrogen-bond acceptors (Lipinski definition) is 4. The van der Waals surface area contributed by atoms with E-state index in [2.05, 4.69) is 5.32 Å². The van der Waals surface area contributed by atoms with Gasteiger partial charge in [0, 0.05) is 13.6 Å². The van der Waals surface area contributed by atoms with Gasteiger partial charge in [0.05, 0.1) is 18.9 Å². The van der Waals surface area contributed by atoms with E-state index in [1.165, 1.54) is 7.05 Å². The fourth-order valence-corrected chi connectivity index (χ4v) is 0.953. The molecule has 94 valence electrons. The van der Waals surface area contributed by atoms with E-state index < -0.39 is 30.4 Å². The van der Waals surface area contributed by atoms with Gasteiger partial charge < -0.3 is 20.4 Å². The largest absolute Gasteiger partial charge is 0.481 e. The molecule has 2 amide bonds. The van der Waals surface area contributed by atoms with E-state index in [0.29, 0.717) is 0 Å². The van der Waals surface area contributed by atoms with Crippen LogP contribution in [-0.4, -0.2) is 52.7 Å². The highest BCUT2D eigenvalue weighted by Gasteiger charge is 2.24. The molecule has 8 heteroatoms. The van der Waals surface area contributed by atoms with Crippen LogP contribution in [0.15, 0.2) is 0 Å². The Morgan fingerprint density at radius 1 is 1.41 bits per heavy atom. The first-order valence-electron chi connectivity index (χ1n) is 4.71. The number of carboxylic acids is 2. The first-order valence-corrected chi connectivity index (χ1v) is 4.71. The fraction of sp³-hybridized carbons (Fsp3) is 0.556. The summed E-state index contributed by atoms with van der Waals surface area (Å²) in [7, 11) is 1.38. The van der Waals surface area contributed by atoms with E-state index in [9.17, 15) is 14.4 Å². The SMILES string of the molecule is CN(CCC#N)C(=O)NC(CC(=O)O)C(=O)O. The molecule has 3 N–H and O–H groups in total. The van der Waals surface area contributed by atoms with E-state index >= 15 is 0 Å². The van der Waals surface area contributed by atoms with Gasteiger partial charge >= 0.3 is 18.0 Å². The average Bonchev–Trinajstić information content (AvgIpc) is 2.23. The molecule has 0 aromatic heterocycles. The van der Waals surface area contributed by atoms with Gasteiger partial charge in [-0.3, -0.25) is 4.79 Å². The number of nitrogens with one attached hydrogen (secondary N) is 1. The highest BCUT2D eigenvalue weighted by molar-refractivity contribution is 5.86. The zero-order valence-electron chi connectivity index (χ0n) is 9.21. The maximum atomic E-state index is 11.4. The zero-order valence-corrected chi connectivity index (χ0v) is 9.21. The lowest BCUT2D eigenvalue weighted by atomic mass is 10.2. The standard InChI is InChI=1S/C9H13N3O5/c1-12(4-2-3-10)9(17)11-6(8(15)16)5-7(13)14/h6H,2,4-5H2,1H3,(H,11,17)(H,13,14)(H,15,16). The van der Waals surface area contributed by atoms with Crippen molar-refractivity contribution < 1.29 is 24.6 Å². The Labute approximate surface area is 97.4 Å². The van der Waals surface area contributed by atoms with Gasteiger partial charge in [0.25, 0.3) is 0 Å². The Hall–Kier alpha value is -2.30. The number of urea groups is 1. The molecular formula is C9H13N3O5. The van der Waals surface area contributed by atoms with E-state index in [1.54, 1.807) is 0 Å². The molecule has 8 nitrogen and oxygen atoms in total. The third-order valence-electron chi connectivity index (χ3n) is 1.88. The lowest BCUT2D eigenvalue weighted by molar-refractivity contribution is -0.145. The number of carbonyl (C=O) groups is 3. The van der Waals surface area contributed by atoms with Crippen LogP contribution in [0.1, 0.15) is 12.8 Å². The molecule has 1 atom stereocenters. The maximum absolute atomic E-state index is 11.4. The molecule has 0 heterocycles. The van der Waals surface area contributed by atoms with Gasteiger partial charge in [-0.15, -0.1) is 0 Å². The molecule has 0 aliphatic carbocycles. The summed E-state index contributed by atoms with van der Waals surface area (Å²) in [4.78, 5) is 33.5. The zero-order chi connectivity index (χ0) is 13.4. The van der Waals surface area contributed by atoms with Crippen LogP contribution in [0.5, 0.6) is 0 Å². The lowest BCUT2D eigenvalue weighted by Crippen LogP contribution is -2.47. The van der Waals surface area contributed by atoms with Gasteiger partial charge in [0.1, 0.15) is 6.04 Å². The van der Waals surface area contributed by atoms with Crippen molar-refractivity contribution >= 4 is 18.0 Å². The normalized spacial score (nSPS) is 11.1. The summed E-state index contributed by atoms with van der Waals surface area (Å²) in [6.45, 7) is 0.141. The summed E-state index contributed by atoms with van der Waals surface area (Å²) >= 11 is 0. The van der Waals surface area contributed by atoms with Gasteiger partial charge in [0.2, 0.25) is 0 Å². The topological polar surface area (TPSA) is 131 Å². The molecule has 0 bridgehead atoms. The number of amides is 2. The van der Waals surface area contributed by atoms with Gasteiger partial charge in [-0.05, 0) is 0 Å². The fourth-order valence-electron chi connectivity index (χ4n) is 0.953. The summed E-state index contributed by atoms with van der Waals surface area (Å²) in [5.74, 6) is -2.74. The minimum atomic E-state index is -1.48. The molecule has 0 rings (SSSR count). The maximum Gasteiger partial charge on any atom is 0.326 e. The number of nitriles is 1. The van der Waals surface area contributed by atoms with E-state index in [4.69, 9.17) is 15.5 Å². The molecule has 0 fully saturated rings. The van der Waals surface area contributed by atoms with Crippen molar-refractivity contribution in [1.29, 1.82) is 5.26 Å². The molecule has 0 aromatic rings. The Bertz CT molecular complexity index is 349. The van der Waals surface area contributed by atoms with Crippen molar-refractivity contribution in [3.8, 4) is 6.07 Å². The van der Waals surface area contributed by atoms with E-state index in [1.807, 2.05) is 6.07 Å². The third kappa shape index (κ3) is 5.99. The van der Waals surface area contributed by atoms with Crippen molar-refractivity contribution in [2.45, 2.75) is 18.9 Å². The van der Waals surface area contributed by atoms with Crippen molar-refractivity contribution in [2.75, 3.05) is 13.6 Å². The highest BCUT2D eigenvalue weighted by Crippen LogP contribution is 1.96. The van der Waals surface area contributed by atoms with Crippen LogP contribution < -0.4 is 5.32 Å². The molecule has 0 aliphatic heterocycles. The lowest BCUT2D eigenvalue weighted by Gasteiger charge is -2.19. The number of hydrogen-bond donors (Lipinski definition) is 3. The molecule has 0 aromatic carbocycles. The van der Waals surface area contributed by atoms with Crippen LogP contribution in [0.4, 0.5) is 4.79 Å². The second-order valence-corrected chi connectivity index (χ2v) is 3.27. The summed E-state index contributed by atoms with van der Waals surface area (Å²) in [5, 5.41) is 27.5. The number of nitrogens with zero attached hydrogens (tertiary/aromatic N) is 2. The van der Waals surface area contributed by atoms with E-state index in [0.717, 1.165) is 4.90 Å². The molecule has 0 aliphatic rings. The Morgan fingerprint density at radius 3 is 2.41 bits per heavy atom. The summed E-state index contributed by atoms with van der Waals surface area (Å²) < 4.78 is 0. The molecule has 0 saturated heterocycles. The van der Waals surface area contributed by atoms with Gasteiger partial charge in [0.15, 0.2) is 0 Å². The van der Waals surface area contributed by atoms with Crippen LogP contribution in [0.3, 0.4) is 0 Å². The third-order valence-corrected chi connectivity index (χ3v) is 1.88. The van der Waals surface area contributed by atoms with Crippen molar-refractivity contribution in [1.82, 2.24) is 10.2 Å². The predicted molar refractivity (Wildman–Crippen MR) is 55.1 cm³/mol. The second-order valence-electron chi connectivity index (χ2n) is 3.27. The summed E-state index contributed by atoms with van der Waals surface area (Å²) in [6, 6.07) is -0.380.